The molecule has 1 aliphatic heterocycles. The number of nitrogens with zero attached hydrogens (tertiary/aromatic N) is 1. The van der Waals surface area contributed by atoms with Crippen molar-refractivity contribution in [2.45, 2.75) is 63.8 Å². The number of rotatable bonds is 5. The van der Waals surface area contributed by atoms with E-state index < -0.39 is 21.5 Å². The standard InChI is InChI=1S/C25H34N4O4S/c1-18-9-14-21(34(32,33)28-25(2,3)4)17-22(18)23(30)26-19-10-12-20(13-11-19)27-24(31)29-15-7-5-6-8-16-29/h9-14,17,28H,5-8,15-16H2,1-4H3,(H,26,30)(H,27,31). The number of anilines is 2. The van der Waals surface area contributed by atoms with Crippen molar-refractivity contribution in [3.8, 4) is 0 Å². The predicted octanol–water partition coefficient (Wildman–Crippen LogP) is 4.73. The highest BCUT2D eigenvalue weighted by molar-refractivity contribution is 7.89. The zero-order valence-corrected chi connectivity index (χ0v) is 21.1. The summed E-state index contributed by atoms with van der Waals surface area (Å²) in [4.78, 5) is 27.3. The number of nitrogens with one attached hydrogen (secondary N) is 3. The normalized spacial score (nSPS) is 14.9. The van der Waals surface area contributed by atoms with Gasteiger partial charge in [-0.15, -0.1) is 0 Å². The molecule has 0 unspecified atom stereocenters. The number of carbonyl (C=O) groups excluding carboxylic acids is 2. The van der Waals surface area contributed by atoms with Crippen molar-refractivity contribution < 1.29 is 18.0 Å². The maximum absolute atomic E-state index is 12.9. The first-order chi connectivity index (χ1) is 15.9. The average molecular weight is 487 g/mol. The van der Waals surface area contributed by atoms with Crippen molar-refractivity contribution in [3.05, 3.63) is 53.6 Å². The first-order valence-electron chi connectivity index (χ1n) is 11.6. The largest absolute Gasteiger partial charge is 0.325 e. The molecule has 0 aromatic heterocycles. The number of likely N-dealkylation sites (tertiary alicyclic amines) is 1. The summed E-state index contributed by atoms with van der Waals surface area (Å²) in [6.45, 7) is 8.55. The van der Waals surface area contributed by atoms with Gasteiger partial charge in [0, 0.05) is 35.6 Å². The van der Waals surface area contributed by atoms with Crippen LogP contribution in [0.1, 0.15) is 62.4 Å². The second-order valence-electron chi connectivity index (χ2n) is 9.70. The zero-order chi connectivity index (χ0) is 24.9. The van der Waals surface area contributed by atoms with E-state index in [0.29, 0.717) is 16.9 Å². The minimum Gasteiger partial charge on any atom is -0.325 e. The number of sulfonamides is 1. The summed E-state index contributed by atoms with van der Waals surface area (Å²) >= 11 is 0. The van der Waals surface area contributed by atoms with E-state index in [9.17, 15) is 18.0 Å². The van der Waals surface area contributed by atoms with Crippen molar-refractivity contribution >= 4 is 33.3 Å². The van der Waals surface area contributed by atoms with Crippen LogP contribution in [0.4, 0.5) is 16.2 Å². The number of hydrogen-bond donors (Lipinski definition) is 3. The quantitative estimate of drug-likeness (QED) is 0.568. The molecular formula is C25H34N4O4S. The van der Waals surface area contributed by atoms with Crippen LogP contribution in [-0.2, 0) is 10.0 Å². The third-order valence-corrected chi connectivity index (χ3v) is 7.25. The molecule has 9 heteroatoms. The number of aryl methyl sites for hydroxylation is 1. The molecule has 0 saturated carbocycles. The van der Waals surface area contributed by atoms with Gasteiger partial charge in [-0.1, -0.05) is 18.9 Å². The number of benzene rings is 2. The Morgan fingerprint density at radius 1 is 0.853 bits per heavy atom. The van der Waals surface area contributed by atoms with Crippen molar-refractivity contribution in [3.63, 3.8) is 0 Å². The lowest BCUT2D eigenvalue weighted by atomic mass is 10.1. The van der Waals surface area contributed by atoms with Crippen LogP contribution in [0, 0.1) is 6.92 Å². The van der Waals surface area contributed by atoms with Gasteiger partial charge in [0.1, 0.15) is 0 Å². The van der Waals surface area contributed by atoms with Crippen molar-refractivity contribution in [2.75, 3.05) is 23.7 Å². The lowest BCUT2D eigenvalue weighted by Gasteiger charge is -2.21. The number of hydrogen-bond acceptors (Lipinski definition) is 4. The molecule has 1 aliphatic rings. The molecule has 0 aliphatic carbocycles. The van der Waals surface area contributed by atoms with Crippen LogP contribution >= 0.6 is 0 Å². The van der Waals surface area contributed by atoms with Crippen LogP contribution in [0.3, 0.4) is 0 Å². The lowest BCUT2D eigenvalue weighted by molar-refractivity contribution is 0.102. The van der Waals surface area contributed by atoms with Gasteiger partial charge >= 0.3 is 6.03 Å². The maximum atomic E-state index is 12.9. The fraction of sp³-hybridized carbons (Fsp3) is 0.440. The van der Waals surface area contributed by atoms with Crippen LogP contribution in [0.2, 0.25) is 0 Å². The molecule has 2 aromatic rings. The Hall–Kier alpha value is -2.91. The van der Waals surface area contributed by atoms with E-state index in [1.54, 1.807) is 58.0 Å². The summed E-state index contributed by atoms with van der Waals surface area (Å²) in [5, 5.41) is 5.70. The first kappa shape index (κ1) is 25.7. The van der Waals surface area contributed by atoms with E-state index >= 15 is 0 Å². The average Bonchev–Trinajstić information content (AvgIpc) is 3.03. The second kappa shape index (κ2) is 10.6. The van der Waals surface area contributed by atoms with Gasteiger partial charge in [0.05, 0.1) is 4.90 Å². The Balaban J connectivity index is 1.68. The van der Waals surface area contributed by atoms with Crippen LogP contribution in [0.15, 0.2) is 47.4 Å². The lowest BCUT2D eigenvalue weighted by Crippen LogP contribution is -2.40. The number of amides is 3. The third-order valence-electron chi connectivity index (χ3n) is 5.49. The fourth-order valence-corrected chi connectivity index (χ4v) is 5.23. The van der Waals surface area contributed by atoms with Crippen molar-refractivity contribution in [1.29, 1.82) is 0 Å². The smallest absolute Gasteiger partial charge is 0.321 e. The van der Waals surface area contributed by atoms with Gasteiger partial charge < -0.3 is 15.5 Å². The molecule has 3 N–H and O–H groups in total. The summed E-state index contributed by atoms with van der Waals surface area (Å²) in [6, 6.07) is 11.2. The van der Waals surface area contributed by atoms with Gasteiger partial charge in [-0.2, -0.15) is 0 Å². The van der Waals surface area contributed by atoms with Crippen molar-refractivity contribution in [1.82, 2.24) is 9.62 Å². The van der Waals surface area contributed by atoms with Crippen LogP contribution < -0.4 is 15.4 Å². The summed E-state index contributed by atoms with van der Waals surface area (Å²) in [6.07, 6.45) is 4.35. The third kappa shape index (κ3) is 7.04. The molecule has 1 fully saturated rings. The van der Waals surface area contributed by atoms with E-state index in [1.165, 1.54) is 12.1 Å². The Bertz CT molecular complexity index is 1130. The Labute approximate surface area is 202 Å². The van der Waals surface area contributed by atoms with Gasteiger partial charge in [0.15, 0.2) is 0 Å². The molecule has 1 heterocycles. The fourth-order valence-electron chi connectivity index (χ4n) is 3.79. The predicted molar refractivity (Wildman–Crippen MR) is 135 cm³/mol. The summed E-state index contributed by atoms with van der Waals surface area (Å²) < 4.78 is 27.9. The molecule has 0 bridgehead atoms. The Morgan fingerprint density at radius 3 is 1.97 bits per heavy atom. The minimum absolute atomic E-state index is 0.0322. The summed E-state index contributed by atoms with van der Waals surface area (Å²) in [5.74, 6) is -0.410. The van der Waals surface area contributed by atoms with E-state index in [4.69, 9.17) is 0 Å². The van der Waals surface area contributed by atoms with Crippen molar-refractivity contribution in [2.24, 2.45) is 0 Å². The van der Waals surface area contributed by atoms with E-state index in [2.05, 4.69) is 15.4 Å². The van der Waals surface area contributed by atoms with E-state index in [-0.39, 0.29) is 16.5 Å². The highest BCUT2D eigenvalue weighted by atomic mass is 32.2. The van der Waals surface area contributed by atoms with Gasteiger partial charge in [0.2, 0.25) is 10.0 Å². The molecule has 3 rings (SSSR count). The zero-order valence-electron chi connectivity index (χ0n) is 20.3. The molecule has 3 amide bonds. The highest BCUT2D eigenvalue weighted by Gasteiger charge is 2.23. The maximum Gasteiger partial charge on any atom is 0.321 e. The number of carbonyl (C=O) groups is 2. The Morgan fingerprint density at radius 2 is 1.41 bits per heavy atom. The van der Waals surface area contributed by atoms with Crippen LogP contribution in [-0.4, -0.2) is 43.9 Å². The van der Waals surface area contributed by atoms with E-state index in [0.717, 1.165) is 38.8 Å². The van der Waals surface area contributed by atoms with E-state index in [1.807, 2.05) is 4.90 Å². The van der Waals surface area contributed by atoms with Crippen LogP contribution in [0.5, 0.6) is 0 Å². The minimum atomic E-state index is -3.77. The number of urea groups is 1. The van der Waals surface area contributed by atoms with Gasteiger partial charge in [-0.25, -0.2) is 17.9 Å². The van der Waals surface area contributed by atoms with Crippen LogP contribution in [0.25, 0.3) is 0 Å². The first-order valence-corrected chi connectivity index (χ1v) is 13.0. The molecule has 0 spiro atoms. The molecule has 184 valence electrons. The topological polar surface area (TPSA) is 108 Å². The van der Waals surface area contributed by atoms with Gasteiger partial charge in [0.25, 0.3) is 5.91 Å². The highest BCUT2D eigenvalue weighted by Crippen LogP contribution is 2.20. The monoisotopic (exact) mass is 486 g/mol. The molecular weight excluding hydrogens is 452 g/mol. The molecule has 0 radical (unpaired) electrons. The summed E-state index contributed by atoms with van der Waals surface area (Å²) in [7, 11) is -3.77. The van der Waals surface area contributed by atoms with Gasteiger partial charge in [-0.3, -0.25) is 4.79 Å². The molecule has 0 atom stereocenters. The van der Waals surface area contributed by atoms with Gasteiger partial charge in [-0.05, 0) is 82.5 Å². The molecule has 8 nitrogen and oxygen atoms in total. The SMILES string of the molecule is Cc1ccc(S(=O)(=O)NC(C)(C)C)cc1C(=O)Nc1ccc(NC(=O)N2CCCCCC2)cc1. The molecule has 1 saturated heterocycles. The molecule has 34 heavy (non-hydrogen) atoms. The molecule has 2 aromatic carbocycles. The summed E-state index contributed by atoms with van der Waals surface area (Å²) in [5.41, 5.74) is 1.48. The second-order valence-corrected chi connectivity index (χ2v) is 11.4. The Kier molecular flexibility index (Phi) is 7.99.